The molecule has 0 saturated heterocycles. The molecule has 0 spiro atoms. The normalized spacial score (nSPS) is 13.9. The first-order valence-electron chi connectivity index (χ1n) is 11.4. The minimum atomic E-state index is -1.22. The quantitative estimate of drug-likeness (QED) is 0.0479. The number of rotatable bonds is 18. The van der Waals surface area contributed by atoms with E-state index in [2.05, 4.69) is 25.9 Å². The Balaban J connectivity index is 4.97. The number of hydrogen-bond acceptors (Lipinski definition) is 8. The van der Waals surface area contributed by atoms with Crippen molar-refractivity contribution in [2.24, 2.45) is 38.7 Å². The molecule has 36 heavy (non-hydrogen) atoms. The van der Waals surface area contributed by atoms with Gasteiger partial charge in [0.15, 0.2) is 11.9 Å². The van der Waals surface area contributed by atoms with Gasteiger partial charge in [0, 0.05) is 13.1 Å². The molecule has 0 aromatic rings. The molecule has 0 aliphatic carbocycles. The number of carbonyl (C=O) groups is 4. The number of nitrogens with two attached hydrogens (primary N) is 5. The van der Waals surface area contributed by atoms with E-state index in [-0.39, 0.29) is 31.3 Å². The van der Waals surface area contributed by atoms with Crippen molar-refractivity contribution in [3.8, 4) is 0 Å². The fourth-order valence-corrected chi connectivity index (χ4v) is 3.34. The van der Waals surface area contributed by atoms with Crippen LogP contribution in [0.3, 0.4) is 0 Å². The third-order valence-electron chi connectivity index (χ3n) is 4.86. The van der Waals surface area contributed by atoms with Gasteiger partial charge in [-0.3, -0.25) is 24.4 Å². The number of nitrogens with one attached hydrogen (secondary N) is 3. The van der Waals surface area contributed by atoms with Gasteiger partial charge in [0.1, 0.15) is 18.1 Å². The molecule has 0 bridgehead atoms. The molecule has 206 valence electrons. The number of carboxylic acids is 1. The number of carbonyl (C=O) groups excluding carboxylic acids is 3. The van der Waals surface area contributed by atoms with Crippen LogP contribution >= 0.6 is 11.8 Å². The molecule has 0 fully saturated rings. The SMILES string of the molecule is CSCCC(NC(=O)C(C)NC(=O)C(N)CCCN=C(N)N)C(=O)NC(CCCN=C(N)N)C(=O)O. The van der Waals surface area contributed by atoms with E-state index in [4.69, 9.17) is 28.7 Å². The van der Waals surface area contributed by atoms with Gasteiger partial charge in [0.05, 0.1) is 6.04 Å². The molecule has 0 heterocycles. The second kappa shape index (κ2) is 18.1. The molecule has 0 radical (unpaired) electrons. The minimum absolute atomic E-state index is 0.0565. The van der Waals surface area contributed by atoms with E-state index in [0.717, 1.165) is 0 Å². The number of guanidine groups is 2. The van der Waals surface area contributed by atoms with Crippen LogP contribution in [0.15, 0.2) is 9.98 Å². The Kier molecular flexibility index (Phi) is 16.4. The first-order valence-corrected chi connectivity index (χ1v) is 12.8. The lowest BCUT2D eigenvalue weighted by atomic mass is 10.1. The lowest BCUT2D eigenvalue weighted by molar-refractivity contribution is -0.142. The van der Waals surface area contributed by atoms with Gasteiger partial charge in [0.2, 0.25) is 17.7 Å². The molecule has 4 unspecified atom stereocenters. The molecule has 0 saturated carbocycles. The highest BCUT2D eigenvalue weighted by Gasteiger charge is 2.28. The Morgan fingerprint density at radius 3 is 1.83 bits per heavy atom. The summed E-state index contributed by atoms with van der Waals surface area (Å²) >= 11 is 1.46. The van der Waals surface area contributed by atoms with Crippen LogP contribution in [0.4, 0.5) is 0 Å². The largest absolute Gasteiger partial charge is 0.480 e. The number of aliphatic imine (C=N–C) groups is 2. The van der Waals surface area contributed by atoms with Crippen LogP contribution < -0.4 is 44.6 Å². The third kappa shape index (κ3) is 14.9. The summed E-state index contributed by atoms with van der Waals surface area (Å²) in [5.41, 5.74) is 26.8. The predicted octanol–water partition coefficient (Wildman–Crippen LogP) is -3.27. The van der Waals surface area contributed by atoms with Crippen LogP contribution in [0.2, 0.25) is 0 Å². The van der Waals surface area contributed by atoms with Gasteiger partial charge in [-0.2, -0.15) is 11.8 Å². The van der Waals surface area contributed by atoms with Gasteiger partial charge in [-0.15, -0.1) is 0 Å². The van der Waals surface area contributed by atoms with E-state index in [0.29, 0.717) is 31.6 Å². The molecule has 0 aromatic heterocycles. The lowest BCUT2D eigenvalue weighted by Gasteiger charge is -2.23. The molecular weight excluding hydrogens is 492 g/mol. The molecule has 0 rings (SSSR count). The summed E-state index contributed by atoms with van der Waals surface area (Å²) in [6, 6.07) is -4.05. The van der Waals surface area contributed by atoms with Crippen molar-refractivity contribution >= 4 is 47.4 Å². The monoisotopic (exact) mass is 532 g/mol. The Morgan fingerprint density at radius 2 is 1.33 bits per heavy atom. The van der Waals surface area contributed by atoms with Crippen molar-refractivity contribution in [2.75, 3.05) is 25.1 Å². The van der Waals surface area contributed by atoms with Crippen LogP contribution in [0.25, 0.3) is 0 Å². The van der Waals surface area contributed by atoms with E-state index in [1.165, 1.54) is 18.7 Å². The summed E-state index contributed by atoms with van der Waals surface area (Å²) < 4.78 is 0. The highest BCUT2D eigenvalue weighted by molar-refractivity contribution is 7.98. The van der Waals surface area contributed by atoms with Crippen molar-refractivity contribution in [2.45, 2.75) is 63.2 Å². The number of thioether (sulfide) groups is 1. The molecule has 16 heteroatoms. The average Bonchev–Trinajstić information content (AvgIpc) is 2.80. The Bertz CT molecular complexity index is 787. The number of carboxylic acid groups (broad SMARTS) is 1. The fraction of sp³-hybridized carbons (Fsp3) is 0.700. The van der Waals surface area contributed by atoms with E-state index in [1.54, 1.807) is 0 Å². The summed E-state index contributed by atoms with van der Waals surface area (Å²) in [7, 11) is 0. The highest BCUT2D eigenvalue weighted by atomic mass is 32.2. The minimum Gasteiger partial charge on any atom is -0.480 e. The highest BCUT2D eigenvalue weighted by Crippen LogP contribution is 2.05. The van der Waals surface area contributed by atoms with Crippen molar-refractivity contribution in [1.29, 1.82) is 0 Å². The molecule has 14 N–H and O–H groups in total. The molecular formula is C20H40N10O5S. The van der Waals surface area contributed by atoms with Crippen molar-refractivity contribution in [3.05, 3.63) is 0 Å². The molecule has 3 amide bonds. The molecule has 0 aliphatic rings. The Morgan fingerprint density at radius 1 is 0.806 bits per heavy atom. The molecule has 0 aliphatic heterocycles. The van der Waals surface area contributed by atoms with Crippen molar-refractivity contribution in [1.82, 2.24) is 16.0 Å². The second-order valence-electron chi connectivity index (χ2n) is 7.98. The van der Waals surface area contributed by atoms with Gasteiger partial charge in [0.25, 0.3) is 0 Å². The van der Waals surface area contributed by atoms with E-state index in [9.17, 15) is 24.3 Å². The maximum absolute atomic E-state index is 12.8. The number of aliphatic carboxylic acids is 1. The first kappa shape index (κ1) is 32.7. The van der Waals surface area contributed by atoms with Gasteiger partial charge in [-0.05, 0) is 51.0 Å². The Labute approximate surface area is 214 Å². The predicted molar refractivity (Wildman–Crippen MR) is 140 cm³/mol. The smallest absolute Gasteiger partial charge is 0.326 e. The third-order valence-corrected chi connectivity index (χ3v) is 5.50. The number of hydrogen-bond donors (Lipinski definition) is 9. The van der Waals surface area contributed by atoms with Crippen LogP contribution in [-0.4, -0.2) is 90.0 Å². The van der Waals surface area contributed by atoms with Crippen LogP contribution in [-0.2, 0) is 19.2 Å². The standard InChI is InChI=1S/C20H40N10O5S/c1-11(28-16(32)12(21)5-3-8-26-19(22)23)15(31)29-13(7-10-36-2)17(33)30-14(18(34)35)6-4-9-27-20(24)25/h11-14H,3-10,21H2,1-2H3,(H,28,32)(H,29,31)(H,30,33)(H,34,35)(H4,22,23,26)(H4,24,25,27). The fourth-order valence-electron chi connectivity index (χ4n) is 2.87. The molecule has 15 nitrogen and oxygen atoms in total. The van der Waals surface area contributed by atoms with Crippen LogP contribution in [0.1, 0.15) is 39.0 Å². The summed E-state index contributed by atoms with van der Waals surface area (Å²) in [5.74, 6) is -2.67. The molecule has 4 atom stereocenters. The summed E-state index contributed by atoms with van der Waals surface area (Å²) in [6.07, 6.45) is 3.28. The zero-order chi connectivity index (χ0) is 27.7. The van der Waals surface area contributed by atoms with Crippen molar-refractivity contribution < 1.29 is 24.3 Å². The van der Waals surface area contributed by atoms with Crippen LogP contribution in [0.5, 0.6) is 0 Å². The van der Waals surface area contributed by atoms with E-state index < -0.39 is 47.9 Å². The first-order chi connectivity index (χ1) is 16.9. The zero-order valence-electron chi connectivity index (χ0n) is 20.7. The summed E-state index contributed by atoms with van der Waals surface area (Å²) in [6.45, 7) is 1.98. The van der Waals surface area contributed by atoms with Crippen LogP contribution in [0, 0.1) is 0 Å². The number of nitrogens with zero attached hydrogens (tertiary/aromatic N) is 2. The van der Waals surface area contributed by atoms with Gasteiger partial charge in [-0.25, -0.2) is 4.79 Å². The summed E-state index contributed by atoms with van der Waals surface area (Å²) in [4.78, 5) is 56.9. The topological polar surface area (TPSA) is 279 Å². The van der Waals surface area contributed by atoms with Crippen molar-refractivity contribution in [3.63, 3.8) is 0 Å². The maximum Gasteiger partial charge on any atom is 0.326 e. The lowest BCUT2D eigenvalue weighted by Crippen LogP contribution is -2.56. The maximum atomic E-state index is 12.8. The van der Waals surface area contributed by atoms with Gasteiger partial charge >= 0.3 is 5.97 Å². The Hall–Kier alpha value is -3.27. The van der Waals surface area contributed by atoms with E-state index in [1.807, 2.05) is 6.26 Å². The van der Waals surface area contributed by atoms with Gasteiger partial charge < -0.3 is 49.7 Å². The average molecular weight is 533 g/mol. The zero-order valence-corrected chi connectivity index (χ0v) is 21.6. The van der Waals surface area contributed by atoms with Gasteiger partial charge in [-0.1, -0.05) is 0 Å². The second-order valence-corrected chi connectivity index (χ2v) is 8.96. The number of amides is 3. The molecule has 0 aromatic carbocycles. The summed E-state index contributed by atoms with van der Waals surface area (Å²) in [5, 5.41) is 17.0. The van der Waals surface area contributed by atoms with E-state index >= 15 is 0 Å².